The van der Waals surface area contributed by atoms with Crippen molar-refractivity contribution in [3.05, 3.63) is 59.7 Å². The van der Waals surface area contributed by atoms with Crippen molar-refractivity contribution in [2.45, 2.75) is 12.5 Å². The lowest BCUT2D eigenvalue weighted by molar-refractivity contribution is -0.139. The molecule has 2 aromatic rings. The Morgan fingerprint density at radius 3 is 2.76 bits per heavy atom. The van der Waals surface area contributed by atoms with Crippen molar-refractivity contribution < 1.29 is 14.7 Å². The molecule has 1 aliphatic heterocycles. The summed E-state index contributed by atoms with van der Waals surface area (Å²) >= 11 is 0. The lowest BCUT2D eigenvalue weighted by Crippen LogP contribution is -2.40. The van der Waals surface area contributed by atoms with E-state index in [1.807, 2.05) is 18.2 Å². The third-order valence-corrected chi connectivity index (χ3v) is 3.56. The molecule has 0 fully saturated rings. The maximum Gasteiger partial charge on any atom is 0.312 e. The highest BCUT2D eigenvalue weighted by Gasteiger charge is 2.33. The van der Waals surface area contributed by atoms with Crippen molar-refractivity contribution in [1.82, 2.24) is 14.9 Å². The predicted molar refractivity (Wildman–Crippen MR) is 73.6 cm³/mol. The lowest BCUT2D eigenvalue weighted by Gasteiger charge is -2.32. The molecule has 6 nitrogen and oxygen atoms in total. The number of hydrogen-bond acceptors (Lipinski definition) is 4. The Kier molecular flexibility index (Phi) is 3.35. The van der Waals surface area contributed by atoms with Crippen molar-refractivity contribution in [1.29, 1.82) is 0 Å². The van der Waals surface area contributed by atoms with E-state index in [-0.39, 0.29) is 18.1 Å². The topological polar surface area (TPSA) is 83.4 Å². The summed E-state index contributed by atoms with van der Waals surface area (Å²) < 4.78 is 0. The van der Waals surface area contributed by atoms with Crippen molar-refractivity contribution in [3.8, 4) is 0 Å². The van der Waals surface area contributed by atoms with Crippen LogP contribution in [0.5, 0.6) is 0 Å². The first-order chi connectivity index (χ1) is 10.2. The molecule has 1 amide bonds. The second kappa shape index (κ2) is 5.32. The van der Waals surface area contributed by atoms with E-state index in [1.165, 1.54) is 23.5 Å². The molecule has 1 aromatic carbocycles. The number of rotatable bonds is 2. The van der Waals surface area contributed by atoms with E-state index < -0.39 is 11.9 Å². The van der Waals surface area contributed by atoms with Gasteiger partial charge >= 0.3 is 5.97 Å². The zero-order valence-corrected chi connectivity index (χ0v) is 11.1. The van der Waals surface area contributed by atoms with Gasteiger partial charge in [-0.1, -0.05) is 24.3 Å². The van der Waals surface area contributed by atoms with Crippen LogP contribution >= 0.6 is 0 Å². The minimum absolute atomic E-state index is 0.141. The molecule has 0 saturated heterocycles. The van der Waals surface area contributed by atoms with Crippen LogP contribution in [0.2, 0.25) is 0 Å². The molecule has 21 heavy (non-hydrogen) atoms. The molecule has 1 aromatic heterocycles. The van der Waals surface area contributed by atoms with Crippen molar-refractivity contribution in [3.63, 3.8) is 0 Å². The largest absolute Gasteiger partial charge is 0.481 e. The molecular formula is C15H13N3O3. The first-order valence-electron chi connectivity index (χ1n) is 6.52. The Morgan fingerprint density at radius 2 is 2.05 bits per heavy atom. The minimum Gasteiger partial charge on any atom is -0.481 e. The summed E-state index contributed by atoms with van der Waals surface area (Å²) in [6.45, 7) is 0.525. The van der Waals surface area contributed by atoms with E-state index in [2.05, 4.69) is 9.97 Å². The molecule has 106 valence electrons. The Balaban J connectivity index is 1.93. The van der Waals surface area contributed by atoms with Crippen LogP contribution in [-0.2, 0) is 11.3 Å². The molecular weight excluding hydrogens is 270 g/mol. The van der Waals surface area contributed by atoms with E-state index in [0.29, 0.717) is 6.54 Å². The summed E-state index contributed by atoms with van der Waals surface area (Å²) in [5.41, 5.74) is 1.85. The standard InChI is InChI=1S/C15H13N3O3/c19-14(13-7-16-5-6-17-13)18-8-10-3-1-2-4-11(10)12(9-18)15(20)21/h1-7,12H,8-9H2,(H,20,21). The number of nitrogens with zero attached hydrogens (tertiary/aromatic N) is 3. The number of amides is 1. The molecule has 1 aliphatic rings. The third kappa shape index (κ3) is 2.47. The van der Waals surface area contributed by atoms with Gasteiger partial charge in [0.05, 0.1) is 12.1 Å². The van der Waals surface area contributed by atoms with E-state index in [1.54, 1.807) is 6.07 Å². The lowest BCUT2D eigenvalue weighted by atomic mass is 9.89. The quantitative estimate of drug-likeness (QED) is 0.898. The summed E-state index contributed by atoms with van der Waals surface area (Å²) in [7, 11) is 0. The number of hydrogen-bond donors (Lipinski definition) is 1. The number of carbonyl (C=O) groups excluding carboxylic acids is 1. The van der Waals surface area contributed by atoms with Crippen LogP contribution in [0.4, 0.5) is 0 Å². The molecule has 0 aliphatic carbocycles. The molecule has 0 radical (unpaired) electrons. The van der Waals surface area contributed by atoms with Gasteiger partial charge < -0.3 is 10.0 Å². The van der Waals surface area contributed by atoms with Gasteiger partial charge in [0, 0.05) is 25.5 Å². The van der Waals surface area contributed by atoms with Crippen LogP contribution in [0.3, 0.4) is 0 Å². The molecule has 1 atom stereocenters. The van der Waals surface area contributed by atoms with Gasteiger partial charge in [-0.25, -0.2) is 4.98 Å². The van der Waals surface area contributed by atoms with E-state index in [9.17, 15) is 14.7 Å². The molecule has 3 rings (SSSR count). The Morgan fingerprint density at radius 1 is 1.24 bits per heavy atom. The molecule has 1 N–H and O–H groups in total. The highest BCUT2D eigenvalue weighted by Crippen LogP contribution is 2.29. The Labute approximate surface area is 121 Å². The van der Waals surface area contributed by atoms with Gasteiger partial charge in [-0.05, 0) is 11.1 Å². The third-order valence-electron chi connectivity index (χ3n) is 3.56. The highest BCUT2D eigenvalue weighted by atomic mass is 16.4. The first-order valence-corrected chi connectivity index (χ1v) is 6.52. The SMILES string of the molecule is O=C(O)C1CN(C(=O)c2cnccn2)Cc2ccccc21. The molecule has 0 bridgehead atoms. The monoisotopic (exact) mass is 283 g/mol. The molecule has 2 heterocycles. The normalized spacial score (nSPS) is 17.1. The fourth-order valence-electron chi connectivity index (χ4n) is 2.54. The predicted octanol–water partition coefficient (Wildman–Crippen LogP) is 1.30. The summed E-state index contributed by atoms with van der Waals surface area (Å²) in [5, 5.41) is 9.39. The average molecular weight is 283 g/mol. The van der Waals surface area contributed by atoms with Gasteiger partial charge in [0.15, 0.2) is 0 Å². The summed E-state index contributed by atoms with van der Waals surface area (Å²) in [4.78, 5) is 33.2. The van der Waals surface area contributed by atoms with Gasteiger partial charge in [0.25, 0.3) is 5.91 Å². The van der Waals surface area contributed by atoms with Gasteiger partial charge in [0.1, 0.15) is 5.69 Å². The molecule has 6 heteroatoms. The maximum atomic E-state index is 12.4. The van der Waals surface area contributed by atoms with Gasteiger partial charge in [-0.15, -0.1) is 0 Å². The van der Waals surface area contributed by atoms with Crippen LogP contribution in [0.1, 0.15) is 27.5 Å². The van der Waals surface area contributed by atoms with Crippen LogP contribution in [-0.4, -0.2) is 38.4 Å². The van der Waals surface area contributed by atoms with Gasteiger partial charge in [-0.2, -0.15) is 0 Å². The Hall–Kier alpha value is -2.76. The number of aromatic nitrogens is 2. The second-order valence-electron chi connectivity index (χ2n) is 4.87. The number of carbonyl (C=O) groups is 2. The summed E-state index contributed by atoms with van der Waals surface area (Å²) in [5.74, 6) is -1.95. The maximum absolute atomic E-state index is 12.4. The number of carboxylic acids is 1. The molecule has 1 unspecified atom stereocenters. The number of fused-ring (bicyclic) bond motifs is 1. The smallest absolute Gasteiger partial charge is 0.312 e. The van der Waals surface area contributed by atoms with E-state index >= 15 is 0 Å². The number of aliphatic carboxylic acids is 1. The summed E-state index contributed by atoms with van der Waals surface area (Å²) in [6, 6.07) is 7.31. The zero-order chi connectivity index (χ0) is 14.8. The molecule has 0 spiro atoms. The summed E-state index contributed by atoms with van der Waals surface area (Å²) in [6.07, 6.45) is 4.32. The van der Waals surface area contributed by atoms with E-state index in [4.69, 9.17) is 0 Å². The van der Waals surface area contributed by atoms with Crippen molar-refractivity contribution >= 4 is 11.9 Å². The first kappa shape index (κ1) is 13.2. The van der Waals surface area contributed by atoms with Crippen LogP contribution in [0, 0.1) is 0 Å². The highest BCUT2D eigenvalue weighted by molar-refractivity contribution is 5.93. The van der Waals surface area contributed by atoms with Crippen molar-refractivity contribution in [2.75, 3.05) is 6.54 Å². The number of benzene rings is 1. The van der Waals surface area contributed by atoms with Crippen LogP contribution in [0.25, 0.3) is 0 Å². The number of carboxylic acid groups (broad SMARTS) is 1. The van der Waals surface area contributed by atoms with Gasteiger partial charge in [0.2, 0.25) is 0 Å². The molecule has 0 saturated carbocycles. The van der Waals surface area contributed by atoms with E-state index in [0.717, 1.165) is 11.1 Å². The fraction of sp³-hybridized carbons (Fsp3) is 0.200. The fourth-order valence-corrected chi connectivity index (χ4v) is 2.54. The van der Waals surface area contributed by atoms with Crippen LogP contribution in [0.15, 0.2) is 42.9 Å². The average Bonchev–Trinajstić information content (AvgIpc) is 2.53. The second-order valence-corrected chi connectivity index (χ2v) is 4.87. The zero-order valence-electron chi connectivity index (χ0n) is 11.1. The minimum atomic E-state index is -0.931. The van der Waals surface area contributed by atoms with Crippen LogP contribution < -0.4 is 0 Å². The van der Waals surface area contributed by atoms with Crippen molar-refractivity contribution in [2.24, 2.45) is 0 Å². The van der Waals surface area contributed by atoms with Gasteiger partial charge in [-0.3, -0.25) is 14.6 Å². The Bertz CT molecular complexity index is 688.